The highest BCUT2D eigenvalue weighted by Crippen LogP contribution is 2.20. The first-order chi connectivity index (χ1) is 17.8. The minimum Gasteiger partial charge on any atom is -0.424 e. The van der Waals surface area contributed by atoms with E-state index in [1.54, 1.807) is 36.9 Å². The van der Waals surface area contributed by atoms with Crippen LogP contribution in [0, 0.1) is 0 Å². The van der Waals surface area contributed by atoms with Gasteiger partial charge in [0.2, 0.25) is 5.91 Å². The zero-order valence-electron chi connectivity index (χ0n) is 19.9. The molecule has 4 aromatic rings. The van der Waals surface area contributed by atoms with E-state index >= 15 is 0 Å². The predicted molar refractivity (Wildman–Crippen MR) is 147 cm³/mol. The Kier molecular flexibility index (Phi) is 11.2. The number of pyridine rings is 1. The van der Waals surface area contributed by atoms with Crippen molar-refractivity contribution in [2.45, 2.75) is 32.7 Å². The lowest BCUT2D eigenvalue weighted by Gasteiger charge is -2.12. The molecule has 0 aliphatic rings. The molecule has 1 amide bonds. The number of aromatic nitrogens is 5. The van der Waals surface area contributed by atoms with Crippen molar-refractivity contribution in [1.29, 1.82) is 0 Å². The number of nitrogens with one attached hydrogen (secondary N) is 1. The lowest BCUT2D eigenvalue weighted by molar-refractivity contribution is -0.119. The number of rotatable bonds is 8. The second kappa shape index (κ2) is 14.6. The Morgan fingerprint density at radius 1 is 0.838 bits per heavy atom. The standard InChI is InChI=1S/C16H18BrN3O2.C9H5BrClN3O/c1-11(20-12(2)21)3-4-13-5-7-15(8-6-13)22-16-18-9-14(17)10-19-16;10-6-3-13-9(14-4-6)15-7-1-2-8(11)12-5-7/h5-11H,3-4H2,1-2H3,(H,20,21);1-5H. The Morgan fingerprint density at radius 3 is 1.84 bits per heavy atom. The van der Waals surface area contributed by atoms with Crippen molar-refractivity contribution in [3.63, 3.8) is 0 Å². The molecule has 0 aliphatic carbocycles. The molecular weight excluding hydrogens is 628 g/mol. The fraction of sp³-hybridized carbons (Fsp3) is 0.200. The van der Waals surface area contributed by atoms with Gasteiger partial charge in [-0.15, -0.1) is 0 Å². The number of aryl methyl sites for hydroxylation is 1. The molecule has 4 rings (SSSR count). The highest BCUT2D eigenvalue weighted by Gasteiger charge is 2.05. The maximum Gasteiger partial charge on any atom is 0.321 e. The summed E-state index contributed by atoms with van der Waals surface area (Å²) >= 11 is 12.1. The topological polar surface area (TPSA) is 112 Å². The first-order valence-corrected chi connectivity index (χ1v) is 13.0. The Labute approximate surface area is 236 Å². The first kappa shape index (κ1) is 28.4. The van der Waals surface area contributed by atoms with Gasteiger partial charge in [-0.2, -0.15) is 0 Å². The van der Waals surface area contributed by atoms with Gasteiger partial charge in [0.1, 0.15) is 16.7 Å². The number of nitrogens with zero attached hydrogens (tertiary/aromatic N) is 5. The van der Waals surface area contributed by atoms with Crippen molar-refractivity contribution in [1.82, 2.24) is 30.2 Å². The quantitative estimate of drug-likeness (QED) is 0.213. The third-order valence-electron chi connectivity index (χ3n) is 4.55. The monoisotopic (exact) mass is 648 g/mol. The van der Waals surface area contributed by atoms with Crippen LogP contribution >= 0.6 is 43.5 Å². The Hall–Kier alpha value is -3.15. The van der Waals surface area contributed by atoms with Crippen molar-refractivity contribution in [2.75, 3.05) is 0 Å². The fourth-order valence-electron chi connectivity index (χ4n) is 2.87. The van der Waals surface area contributed by atoms with Gasteiger partial charge in [0, 0.05) is 37.8 Å². The maximum absolute atomic E-state index is 11.0. The van der Waals surface area contributed by atoms with E-state index in [-0.39, 0.29) is 18.0 Å². The van der Waals surface area contributed by atoms with Crippen LogP contribution in [0.25, 0.3) is 0 Å². The second-order valence-electron chi connectivity index (χ2n) is 7.67. The van der Waals surface area contributed by atoms with Crippen LogP contribution in [-0.4, -0.2) is 36.9 Å². The van der Waals surface area contributed by atoms with Crippen LogP contribution in [0.15, 0.2) is 76.3 Å². The van der Waals surface area contributed by atoms with Crippen LogP contribution in [0.1, 0.15) is 25.8 Å². The van der Waals surface area contributed by atoms with Crippen LogP contribution in [0.4, 0.5) is 0 Å². The number of carbonyl (C=O) groups is 1. The molecule has 1 N–H and O–H groups in total. The lowest BCUT2D eigenvalue weighted by atomic mass is 10.1. The number of hydrogen-bond donors (Lipinski definition) is 1. The van der Waals surface area contributed by atoms with Crippen LogP contribution in [-0.2, 0) is 11.2 Å². The summed E-state index contributed by atoms with van der Waals surface area (Å²) in [6.45, 7) is 3.54. The van der Waals surface area contributed by atoms with Crippen LogP contribution < -0.4 is 14.8 Å². The number of amides is 1. The minimum absolute atomic E-state index is 0.00532. The molecule has 37 heavy (non-hydrogen) atoms. The molecule has 0 saturated heterocycles. The molecular formula is C25H23Br2ClN6O3. The Balaban J connectivity index is 0.000000220. The SMILES string of the molecule is CC(=O)NC(C)CCc1ccc(Oc2ncc(Br)cn2)cc1.Clc1ccc(Oc2ncc(Br)cn2)cn1. The summed E-state index contributed by atoms with van der Waals surface area (Å²) < 4.78 is 12.5. The molecule has 0 bridgehead atoms. The molecule has 0 aliphatic heterocycles. The summed E-state index contributed by atoms with van der Waals surface area (Å²) in [5.41, 5.74) is 1.20. The summed E-state index contributed by atoms with van der Waals surface area (Å²) in [5, 5.41) is 3.29. The molecule has 192 valence electrons. The van der Waals surface area contributed by atoms with E-state index in [0.29, 0.717) is 22.7 Å². The van der Waals surface area contributed by atoms with Gasteiger partial charge in [0.25, 0.3) is 0 Å². The molecule has 1 atom stereocenters. The van der Waals surface area contributed by atoms with Crippen LogP contribution in [0.2, 0.25) is 5.15 Å². The highest BCUT2D eigenvalue weighted by atomic mass is 79.9. The van der Waals surface area contributed by atoms with Gasteiger partial charge in [0.15, 0.2) is 0 Å². The average Bonchev–Trinajstić information content (AvgIpc) is 2.88. The molecule has 0 radical (unpaired) electrons. The van der Waals surface area contributed by atoms with E-state index in [9.17, 15) is 4.79 Å². The van der Waals surface area contributed by atoms with Crippen molar-refractivity contribution < 1.29 is 14.3 Å². The lowest BCUT2D eigenvalue weighted by Crippen LogP contribution is -2.30. The summed E-state index contributed by atoms with van der Waals surface area (Å²) in [5.74, 6) is 1.24. The minimum atomic E-state index is 0.00532. The zero-order chi connectivity index (χ0) is 26.6. The molecule has 12 heteroatoms. The summed E-state index contributed by atoms with van der Waals surface area (Å²) in [4.78, 5) is 30.9. The predicted octanol–water partition coefficient (Wildman–Crippen LogP) is 6.57. The summed E-state index contributed by atoms with van der Waals surface area (Å²) in [7, 11) is 0. The van der Waals surface area contributed by atoms with Gasteiger partial charge in [-0.1, -0.05) is 23.7 Å². The van der Waals surface area contributed by atoms with Crippen molar-refractivity contribution in [3.05, 3.63) is 87.0 Å². The second-order valence-corrected chi connectivity index (χ2v) is 9.89. The molecule has 3 aromatic heterocycles. The molecule has 9 nitrogen and oxygen atoms in total. The van der Waals surface area contributed by atoms with Crippen molar-refractivity contribution in [3.8, 4) is 23.5 Å². The van der Waals surface area contributed by atoms with E-state index in [1.165, 1.54) is 18.7 Å². The van der Waals surface area contributed by atoms with Crippen molar-refractivity contribution in [2.24, 2.45) is 0 Å². The van der Waals surface area contributed by atoms with Crippen LogP contribution in [0.3, 0.4) is 0 Å². The van der Waals surface area contributed by atoms with Gasteiger partial charge < -0.3 is 14.8 Å². The van der Waals surface area contributed by atoms with Gasteiger partial charge >= 0.3 is 12.0 Å². The van der Waals surface area contributed by atoms with E-state index in [0.717, 1.165) is 21.8 Å². The van der Waals surface area contributed by atoms with Crippen LogP contribution in [0.5, 0.6) is 23.5 Å². The smallest absolute Gasteiger partial charge is 0.321 e. The van der Waals surface area contributed by atoms with E-state index in [1.807, 2.05) is 31.2 Å². The Bertz CT molecular complexity index is 1220. The highest BCUT2D eigenvalue weighted by molar-refractivity contribution is 9.10. The third kappa shape index (κ3) is 10.8. The number of hydrogen-bond acceptors (Lipinski definition) is 8. The molecule has 0 spiro atoms. The normalized spacial score (nSPS) is 11.1. The molecule has 3 heterocycles. The molecule has 0 saturated carbocycles. The number of ether oxygens (including phenoxy) is 2. The Morgan fingerprint density at radius 2 is 1.35 bits per heavy atom. The number of halogens is 3. The van der Waals surface area contributed by atoms with Gasteiger partial charge in [-0.3, -0.25) is 4.79 Å². The zero-order valence-corrected chi connectivity index (χ0v) is 23.9. The van der Waals surface area contributed by atoms with E-state index < -0.39 is 0 Å². The summed E-state index contributed by atoms with van der Waals surface area (Å²) in [6, 6.07) is 11.9. The van der Waals surface area contributed by atoms with Gasteiger partial charge in [-0.05, 0) is 81.5 Å². The fourth-order valence-corrected chi connectivity index (χ4v) is 3.39. The van der Waals surface area contributed by atoms with E-state index in [4.69, 9.17) is 21.1 Å². The average molecular weight is 651 g/mol. The molecule has 1 unspecified atom stereocenters. The maximum atomic E-state index is 11.0. The molecule has 0 fully saturated rings. The number of carbonyl (C=O) groups excluding carboxylic acids is 1. The van der Waals surface area contributed by atoms with Gasteiger partial charge in [0.05, 0.1) is 15.1 Å². The molecule has 1 aromatic carbocycles. The third-order valence-corrected chi connectivity index (χ3v) is 5.59. The largest absolute Gasteiger partial charge is 0.424 e. The van der Waals surface area contributed by atoms with Crippen molar-refractivity contribution >= 4 is 49.4 Å². The van der Waals surface area contributed by atoms with E-state index in [2.05, 4.69) is 62.1 Å². The van der Waals surface area contributed by atoms with Gasteiger partial charge in [-0.25, -0.2) is 24.9 Å². The first-order valence-electron chi connectivity index (χ1n) is 11.0. The number of benzene rings is 1. The summed E-state index contributed by atoms with van der Waals surface area (Å²) in [6.07, 6.45) is 9.79.